The lowest BCUT2D eigenvalue weighted by Gasteiger charge is -2.20. The van der Waals surface area contributed by atoms with Crippen molar-refractivity contribution in [1.82, 2.24) is 5.32 Å². The molecule has 1 fully saturated rings. The highest BCUT2D eigenvalue weighted by atomic mass is 16.1. The molecule has 0 aromatic carbocycles. The topological polar surface area (TPSA) is 41.5 Å². The van der Waals surface area contributed by atoms with Crippen molar-refractivity contribution in [3.8, 4) is 12.0 Å². The van der Waals surface area contributed by atoms with Crippen LogP contribution in [0.1, 0.15) is 19.3 Å². The van der Waals surface area contributed by atoms with Crippen molar-refractivity contribution >= 4 is 6.08 Å². The van der Waals surface area contributed by atoms with Gasteiger partial charge in [0.2, 0.25) is 6.08 Å². The number of hydrogen-bond donors (Lipinski definition) is 1. The SMILES string of the molecule is O=C=NC#CCC1CCCNC1. The molecule has 3 nitrogen and oxygen atoms in total. The number of hydrogen-bond acceptors (Lipinski definition) is 3. The summed E-state index contributed by atoms with van der Waals surface area (Å²) < 4.78 is 0. The maximum Gasteiger partial charge on any atom is 0.249 e. The molecule has 0 spiro atoms. The quantitative estimate of drug-likeness (QED) is 0.351. The summed E-state index contributed by atoms with van der Waals surface area (Å²) in [7, 11) is 0. The van der Waals surface area contributed by atoms with Crippen LogP contribution in [0.15, 0.2) is 4.99 Å². The first-order valence-electron chi connectivity index (χ1n) is 4.19. The highest BCUT2D eigenvalue weighted by Gasteiger charge is 2.10. The van der Waals surface area contributed by atoms with Gasteiger partial charge >= 0.3 is 0 Å². The molecule has 1 aliphatic rings. The maximum absolute atomic E-state index is 9.65. The number of carbonyl (C=O) groups excluding carboxylic acids is 1. The molecule has 0 amide bonds. The molecule has 0 saturated carbocycles. The Morgan fingerprint density at radius 3 is 3.17 bits per heavy atom. The second kappa shape index (κ2) is 5.54. The van der Waals surface area contributed by atoms with E-state index in [1.807, 2.05) is 0 Å². The fourth-order valence-electron chi connectivity index (χ4n) is 1.35. The number of rotatable bonds is 1. The van der Waals surface area contributed by atoms with Gasteiger partial charge in [-0.2, -0.15) is 0 Å². The van der Waals surface area contributed by atoms with Gasteiger partial charge in [0.1, 0.15) is 0 Å². The molecule has 1 atom stereocenters. The van der Waals surface area contributed by atoms with Gasteiger partial charge in [0.05, 0.1) is 0 Å². The van der Waals surface area contributed by atoms with Gasteiger partial charge < -0.3 is 5.32 Å². The Bertz CT molecular complexity index is 227. The van der Waals surface area contributed by atoms with Crippen LogP contribution in [-0.4, -0.2) is 19.2 Å². The number of piperidine rings is 1. The van der Waals surface area contributed by atoms with Gasteiger partial charge in [-0.1, -0.05) is 5.92 Å². The van der Waals surface area contributed by atoms with Crippen LogP contribution in [0, 0.1) is 17.9 Å². The summed E-state index contributed by atoms with van der Waals surface area (Å²) in [5, 5.41) is 3.30. The van der Waals surface area contributed by atoms with Crippen molar-refractivity contribution in [3.05, 3.63) is 0 Å². The molecule has 3 heteroatoms. The van der Waals surface area contributed by atoms with Gasteiger partial charge in [0, 0.05) is 12.5 Å². The fourth-order valence-corrected chi connectivity index (χ4v) is 1.35. The van der Waals surface area contributed by atoms with E-state index in [0.29, 0.717) is 5.92 Å². The summed E-state index contributed by atoms with van der Waals surface area (Å²) in [5.74, 6) is 3.47. The molecular formula is C9H12N2O. The van der Waals surface area contributed by atoms with Gasteiger partial charge in [-0.15, -0.1) is 4.99 Å². The zero-order valence-electron chi connectivity index (χ0n) is 6.97. The monoisotopic (exact) mass is 164 g/mol. The Labute approximate surface area is 72.3 Å². The zero-order chi connectivity index (χ0) is 8.65. The van der Waals surface area contributed by atoms with E-state index in [1.165, 1.54) is 18.9 Å². The van der Waals surface area contributed by atoms with Crippen LogP contribution in [0.2, 0.25) is 0 Å². The molecule has 1 saturated heterocycles. The first-order chi connectivity index (χ1) is 5.93. The van der Waals surface area contributed by atoms with Crippen molar-refractivity contribution in [2.75, 3.05) is 13.1 Å². The van der Waals surface area contributed by atoms with Gasteiger partial charge in [0.15, 0.2) is 0 Å². The lowest BCUT2D eigenvalue weighted by atomic mass is 9.97. The van der Waals surface area contributed by atoms with Crippen LogP contribution in [0.5, 0.6) is 0 Å². The lowest BCUT2D eigenvalue weighted by molar-refractivity contribution is 0.384. The summed E-state index contributed by atoms with van der Waals surface area (Å²) in [5.41, 5.74) is 0. The van der Waals surface area contributed by atoms with Crippen molar-refractivity contribution in [1.29, 1.82) is 0 Å². The number of isocyanates is 1. The number of nitrogens with zero attached hydrogens (tertiary/aromatic N) is 1. The van der Waals surface area contributed by atoms with Gasteiger partial charge in [0.25, 0.3) is 0 Å². The molecule has 0 aromatic heterocycles. The lowest BCUT2D eigenvalue weighted by Crippen LogP contribution is -2.29. The number of aliphatic imine (C=N–C) groups is 1. The van der Waals surface area contributed by atoms with Crippen LogP contribution in [0.3, 0.4) is 0 Å². The van der Waals surface area contributed by atoms with E-state index in [0.717, 1.165) is 19.5 Å². The van der Waals surface area contributed by atoms with Crippen molar-refractivity contribution in [3.63, 3.8) is 0 Å². The molecule has 1 heterocycles. The maximum atomic E-state index is 9.65. The summed E-state index contributed by atoms with van der Waals surface area (Å²) >= 11 is 0. The standard InChI is InChI=1S/C9H12N2O/c12-8-11-6-2-4-9-3-1-5-10-7-9/h9-10H,1,3-5,7H2. The first-order valence-corrected chi connectivity index (χ1v) is 4.19. The van der Waals surface area contributed by atoms with Gasteiger partial charge in [-0.25, -0.2) is 4.79 Å². The summed E-state index contributed by atoms with van der Waals surface area (Å²) in [6, 6.07) is 2.41. The fraction of sp³-hybridized carbons (Fsp3) is 0.667. The molecule has 1 N–H and O–H groups in total. The predicted octanol–water partition coefficient (Wildman–Crippen LogP) is 0.673. The second-order valence-electron chi connectivity index (χ2n) is 2.91. The molecule has 64 valence electrons. The van der Waals surface area contributed by atoms with Crippen LogP contribution < -0.4 is 5.32 Å². The Kier molecular flexibility index (Phi) is 4.15. The molecule has 0 aliphatic carbocycles. The first kappa shape index (κ1) is 8.99. The second-order valence-corrected chi connectivity index (χ2v) is 2.91. The number of nitrogens with one attached hydrogen (secondary N) is 1. The van der Waals surface area contributed by atoms with E-state index in [1.54, 1.807) is 0 Å². The minimum atomic E-state index is 0.633. The molecule has 12 heavy (non-hydrogen) atoms. The molecule has 0 radical (unpaired) electrons. The van der Waals surface area contributed by atoms with E-state index in [2.05, 4.69) is 22.3 Å². The summed E-state index contributed by atoms with van der Waals surface area (Å²) in [4.78, 5) is 12.8. The largest absolute Gasteiger partial charge is 0.316 e. The molecule has 1 aliphatic heterocycles. The third-order valence-corrected chi connectivity index (χ3v) is 1.97. The smallest absolute Gasteiger partial charge is 0.249 e. The van der Waals surface area contributed by atoms with Crippen LogP contribution in [0.4, 0.5) is 0 Å². The van der Waals surface area contributed by atoms with Gasteiger partial charge in [-0.3, -0.25) is 0 Å². The Morgan fingerprint density at radius 2 is 2.50 bits per heavy atom. The summed E-state index contributed by atoms with van der Waals surface area (Å²) in [6.45, 7) is 2.16. The molecule has 1 unspecified atom stereocenters. The summed E-state index contributed by atoms with van der Waals surface area (Å²) in [6.07, 6.45) is 4.68. The average Bonchev–Trinajstić information content (AvgIpc) is 2.14. The van der Waals surface area contributed by atoms with Crippen LogP contribution >= 0.6 is 0 Å². The van der Waals surface area contributed by atoms with Crippen molar-refractivity contribution < 1.29 is 4.79 Å². The molecule has 0 aromatic rings. The average molecular weight is 164 g/mol. The zero-order valence-corrected chi connectivity index (χ0v) is 6.97. The third kappa shape index (κ3) is 3.34. The highest BCUT2D eigenvalue weighted by molar-refractivity contribution is 5.36. The Balaban J connectivity index is 2.22. The Morgan fingerprint density at radius 1 is 1.58 bits per heavy atom. The molecule has 1 rings (SSSR count). The van der Waals surface area contributed by atoms with E-state index in [9.17, 15) is 4.79 Å². The van der Waals surface area contributed by atoms with E-state index in [4.69, 9.17) is 0 Å². The van der Waals surface area contributed by atoms with Crippen molar-refractivity contribution in [2.24, 2.45) is 10.9 Å². The third-order valence-electron chi connectivity index (χ3n) is 1.97. The highest BCUT2D eigenvalue weighted by Crippen LogP contribution is 2.12. The minimum absolute atomic E-state index is 0.633. The van der Waals surface area contributed by atoms with Crippen molar-refractivity contribution in [2.45, 2.75) is 19.3 Å². The van der Waals surface area contributed by atoms with Crippen LogP contribution in [-0.2, 0) is 4.79 Å². The van der Waals surface area contributed by atoms with E-state index >= 15 is 0 Å². The molecular weight excluding hydrogens is 152 g/mol. The normalized spacial score (nSPS) is 21.8. The van der Waals surface area contributed by atoms with Crippen LogP contribution in [0.25, 0.3) is 0 Å². The Hall–Kier alpha value is -1.10. The molecule has 0 bridgehead atoms. The van der Waals surface area contributed by atoms with Gasteiger partial charge in [-0.05, 0) is 31.8 Å². The predicted molar refractivity (Wildman–Crippen MR) is 46.1 cm³/mol. The van der Waals surface area contributed by atoms with E-state index < -0.39 is 0 Å². The minimum Gasteiger partial charge on any atom is -0.316 e. The van der Waals surface area contributed by atoms with E-state index in [-0.39, 0.29) is 0 Å².